The van der Waals surface area contributed by atoms with Gasteiger partial charge >= 0.3 is 0 Å². The van der Waals surface area contributed by atoms with E-state index in [1.165, 1.54) is 5.56 Å². The molecule has 0 aromatic heterocycles. The van der Waals surface area contributed by atoms with Gasteiger partial charge in [0.1, 0.15) is 0 Å². The molecule has 1 aliphatic rings. The Bertz CT molecular complexity index is 408. The minimum atomic E-state index is -0.403. The Hall–Kier alpha value is -1.39. The molecule has 3 N–H and O–H groups in total. The molecule has 2 unspecified atom stereocenters. The predicted octanol–water partition coefficient (Wildman–Crippen LogP) is 0.930. The first-order valence-electron chi connectivity index (χ1n) is 6.92. The number of carbonyl (C=O) groups excluding carboxylic acids is 1. The third kappa shape index (κ3) is 4.04. The van der Waals surface area contributed by atoms with Crippen LogP contribution in [0.3, 0.4) is 0 Å². The number of amides is 1. The maximum atomic E-state index is 11.3. The highest BCUT2D eigenvalue weighted by Crippen LogP contribution is 2.18. The molecule has 2 atom stereocenters. The zero-order valence-electron chi connectivity index (χ0n) is 11.2. The third-order valence-electron chi connectivity index (χ3n) is 3.75. The lowest BCUT2D eigenvalue weighted by Crippen LogP contribution is -2.43. The Kier molecular flexibility index (Phi) is 4.93. The van der Waals surface area contributed by atoms with Gasteiger partial charge in [-0.25, -0.2) is 0 Å². The number of nitrogens with zero attached hydrogens (tertiary/aromatic N) is 1. The first-order valence-corrected chi connectivity index (χ1v) is 6.92. The summed E-state index contributed by atoms with van der Waals surface area (Å²) in [6, 6.07) is 9.94. The number of likely N-dealkylation sites (tertiary alicyclic amines) is 1. The van der Waals surface area contributed by atoms with Crippen molar-refractivity contribution in [2.45, 2.75) is 37.8 Å². The monoisotopic (exact) mass is 262 g/mol. The summed E-state index contributed by atoms with van der Waals surface area (Å²) < 4.78 is 0. The molecule has 0 bridgehead atoms. The van der Waals surface area contributed by atoms with E-state index in [1.54, 1.807) is 0 Å². The van der Waals surface area contributed by atoms with Crippen LogP contribution in [0.1, 0.15) is 24.8 Å². The van der Waals surface area contributed by atoms with E-state index in [0.29, 0.717) is 13.0 Å². The highest BCUT2D eigenvalue weighted by atomic mass is 16.3. The van der Waals surface area contributed by atoms with Crippen molar-refractivity contribution >= 4 is 5.91 Å². The number of benzene rings is 1. The second-order valence-corrected chi connectivity index (χ2v) is 5.23. The van der Waals surface area contributed by atoms with E-state index in [2.05, 4.69) is 12.1 Å². The number of nitrogens with two attached hydrogens (primary N) is 1. The highest BCUT2D eigenvalue weighted by Gasteiger charge is 2.29. The van der Waals surface area contributed by atoms with Crippen LogP contribution < -0.4 is 5.73 Å². The molecule has 1 heterocycles. The van der Waals surface area contributed by atoms with E-state index >= 15 is 0 Å². The van der Waals surface area contributed by atoms with E-state index in [-0.39, 0.29) is 11.9 Å². The van der Waals surface area contributed by atoms with Crippen molar-refractivity contribution in [3.8, 4) is 0 Å². The molecule has 1 aromatic carbocycles. The molecule has 4 heteroatoms. The van der Waals surface area contributed by atoms with Crippen molar-refractivity contribution in [1.82, 2.24) is 4.90 Å². The molecule has 0 saturated carbocycles. The lowest BCUT2D eigenvalue weighted by atomic mass is 10.1. The largest absolute Gasteiger partial charge is 0.392 e. The highest BCUT2D eigenvalue weighted by molar-refractivity contribution is 5.80. The summed E-state index contributed by atoms with van der Waals surface area (Å²) in [7, 11) is 0. The van der Waals surface area contributed by atoms with Gasteiger partial charge in [-0.1, -0.05) is 30.3 Å². The summed E-state index contributed by atoms with van der Waals surface area (Å²) in [5.41, 5.74) is 6.60. The summed E-state index contributed by atoms with van der Waals surface area (Å²) in [6.45, 7) is 1.40. The van der Waals surface area contributed by atoms with Gasteiger partial charge in [-0.3, -0.25) is 9.69 Å². The van der Waals surface area contributed by atoms with Crippen molar-refractivity contribution in [3.05, 3.63) is 35.9 Å². The van der Waals surface area contributed by atoms with Crippen LogP contribution in [0.15, 0.2) is 30.3 Å². The Morgan fingerprint density at radius 2 is 2.16 bits per heavy atom. The standard InChI is InChI=1S/C15H22N2O2/c16-15(19)14-7-4-10-17(14)11-13(18)9-8-12-5-2-1-3-6-12/h1-3,5-6,13-14,18H,4,7-11H2,(H2,16,19). The summed E-state index contributed by atoms with van der Waals surface area (Å²) in [6.07, 6.45) is 2.98. The molecule has 104 valence electrons. The molecule has 0 spiro atoms. The second-order valence-electron chi connectivity index (χ2n) is 5.23. The molecule has 1 amide bonds. The molecule has 1 aliphatic heterocycles. The molecule has 1 fully saturated rings. The van der Waals surface area contributed by atoms with Gasteiger partial charge in [0.2, 0.25) is 5.91 Å². The number of β-amino-alcohol motifs (C(OH)–C–C–N with tert-alkyl or cyclic N) is 1. The zero-order chi connectivity index (χ0) is 13.7. The van der Waals surface area contributed by atoms with Crippen molar-refractivity contribution in [3.63, 3.8) is 0 Å². The van der Waals surface area contributed by atoms with Crippen LogP contribution in [0, 0.1) is 0 Å². The lowest BCUT2D eigenvalue weighted by molar-refractivity contribution is -0.122. The van der Waals surface area contributed by atoms with E-state index in [4.69, 9.17) is 5.73 Å². The normalized spacial score (nSPS) is 21.4. The summed E-state index contributed by atoms with van der Waals surface area (Å²) in [5.74, 6) is -0.271. The van der Waals surface area contributed by atoms with Gasteiger partial charge in [-0.05, 0) is 37.8 Å². The molecule has 1 aromatic rings. The maximum Gasteiger partial charge on any atom is 0.234 e. The van der Waals surface area contributed by atoms with E-state index in [0.717, 1.165) is 25.8 Å². The Morgan fingerprint density at radius 1 is 1.42 bits per heavy atom. The van der Waals surface area contributed by atoms with Crippen LogP contribution in [0.5, 0.6) is 0 Å². The van der Waals surface area contributed by atoms with Crippen LogP contribution in [-0.4, -0.2) is 41.1 Å². The molecule has 0 radical (unpaired) electrons. The topological polar surface area (TPSA) is 66.6 Å². The fourth-order valence-corrected chi connectivity index (χ4v) is 2.71. The molecule has 4 nitrogen and oxygen atoms in total. The minimum absolute atomic E-state index is 0.189. The van der Waals surface area contributed by atoms with Gasteiger partial charge in [0.05, 0.1) is 12.1 Å². The predicted molar refractivity (Wildman–Crippen MR) is 74.6 cm³/mol. The Labute approximate surface area is 114 Å². The number of aryl methyl sites for hydroxylation is 1. The van der Waals surface area contributed by atoms with Crippen molar-refractivity contribution in [2.24, 2.45) is 5.73 Å². The van der Waals surface area contributed by atoms with Gasteiger partial charge in [0, 0.05) is 6.54 Å². The first kappa shape index (κ1) is 14.0. The second kappa shape index (κ2) is 6.68. The van der Waals surface area contributed by atoms with Crippen molar-refractivity contribution < 1.29 is 9.90 Å². The van der Waals surface area contributed by atoms with Gasteiger partial charge in [0.25, 0.3) is 0 Å². The summed E-state index contributed by atoms with van der Waals surface area (Å²) in [5, 5.41) is 10.1. The Morgan fingerprint density at radius 3 is 2.84 bits per heavy atom. The number of aliphatic hydroxyl groups excluding tert-OH is 1. The molecular weight excluding hydrogens is 240 g/mol. The zero-order valence-corrected chi connectivity index (χ0v) is 11.2. The first-order chi connectivity index (χ1) is 9.16. The SMILES string of the molecule is NC(=O)C1CCCN1CC(O)CCc1ccccc1. The smallest absolute Gasteiger partial charge is 0.234 e. The van der Waals surface area contributed by atoms with E-state index in [1.807, 2.05) is 23.1 Å². The molecule has 19 heavy (non-hydrogen) atoms. The van der Waals surface area contributed by atoms with Crippen LogP contribution in [-0.2, 0) is 11.2 Å². The number of hydrogen-bond donors (Lipinski definition) is 2. The van der Waals surface area contributed by atoms with Crippen LogP contribution in [0.25, 0.3) is 0 Å². The van der Waals surface area contributed by atoms with Crippen LogP contribution in [0.2, 0.25) is 0 Å². The third-order valence-corrected chi connectivity index (χ3v) is 3.75. The number of hydrogen-bond acceptors (Lipinski definition) is 3. The van der Waals surface area contributed by atoms with Crippen LogP contribution in [0.4, 0.5) is 0 Å². The minimum Gasteiger partial charge on any atom is -0.392 e. The Balaban J connectivity index is 1.78. The molecule has 1 saturated heterocycles. The quantitative estimate of drug-likeness (QED) is 0.801. The summed E-state index contributed by atoms with van der Waals surface area (Å²) in [4.78, 5) is 13.3. The maximum absolute atomic E-state index is 11.3. The van der Waals surface area contributed by atoms with Gasteiger partial charge < -0.3 is 10.8 Å². The molecular formula is C15H22N2O2. The number of primary amides is 1. The van der Waals surface area contributed by atoms with Crippen LogP contribution >= 0.6 is 0 Å². The fourth-order valence-electron chi connectivity index (χ4n) is 2.71. The average molecular weight is 262 g/mol. The fraction of sp³-hybridized carbons (Fsp3) is 0.533. The number of aliphatic hydroxyl groups is 1. The molecule has 2 rings (SSSR count). The van der Waals surface area contributed by atoms with Crippen molar-refractivity contribution in [1.29, 1.82) is 0 Å². The average Bonchev–Trinajstić information content (AvgIpc) is 2.86. The van der Waals surface area contributed by atoms with E-state index in [9.17, 15) is 9.90 Å². The molecule has 0 aliphatic carbocycles. The lowest BCUT2D eigenvalue weighted by Gasteiger charge is -2.24. The van der Waals surface area contributed by atoms with Gasteiger partial charge in [-0.2, -0.15) is 0 Å². The number of rotatable bonds is 6. The van der Waals surface area contributed by atoms with Gasteiger partial charge in [-0.15, -0.1) is 0 Å². The van der Waals surface area contributed by atoms with E-state index < -0.39 is 6.10 Å². The summed E-state index contributed by atoms with van der Waals surface area (Å²) >= 11 is 0. The number of carbonyl (C=O) groups is 1. The van der Waals surface area contributed by atoms with Gasteiger partial charge in [0.15, 0.2) is 0 Å². The van der Waals surface area contributed by atoms with Crippen molar-refractivity contribution in [2.75, 3.05) is 13.1 Å².